The van der Waals surface area contributed by atoms with Crippen LogP contribution in [0.4, 0.5) is 11.5 Å². The number of nitrogens with two attached hydrogens (primary N) is 1. The van der Waals surface area contributed by atoms with Crippen molar-refractivity contribution in [3.8, 4) is 11.5 Å². The number of benzene rings is 2. The molecule has 26 heavy (non-hydrogen) atoms. The van der Waals surface area contributed by atoms with E-state index in [1.54, 1.807) is 30.5 Å². The second-order valence-corrected chi connectivity index (χ2v) is 5.54. The summed E-state index contributed by atoms with van der Waals surface area (Å²) in [6.07, 6.45) is 3.08. The fourth-order valence-electron chi connectivity index (χ4n) is 2.64. The molecule has 0 saturated carbocycles. The van der Waals surface area contributed by atoms with Crippen LogP contribution in [-0.2, 0) is 0 Å². The van der Waals surface area contributed by atoms with Crippen molar-refractivity contribution in [2.75, 3.05) is 5.32 Å². The summed E-state index contributed by atoms with van der Waals surface area (Å²) >= 11 is 0. The van der Waals surface area contributed by atoms with Gasteiger partial charge >= 0.3 is 0 Å². The van der Waals surface area contributed by atoms with Crippen molar-refractivity contribution < 1.29 is 4.79 Å². The summed E-state index contributed by atoms with van der Waals surface area (Å²) in [5.74, 6) is 0.519. The zero-order valence-corrected chi connectivity index (χ0v) is 13.6. The van der Waals surface area contributed by atoms with E-state index in [0.717, 1.165) is 10.9 Å². The van der Waals surface area contributed by atoms with Gasteiger partial charge in [0.25, 0.3) is 5.91 Å². The predicted octanol–water partition coefficient (Wildman–Crippen LogP) is 2.93. The maximum Gasteiger partial charge on any atom is 0.250 e. The third-order valence-electron chi connectivity index (χ3n) is 3.86. The van der Waals surface area contributed by atoms with E-state index in [4.69, 9.17) is 5.73 Å². The highest BCUT2D eigenvalue weighted by atomic mass is 16.1. The van der Waals surface area contributed by atoms with Gasteiger partial charge in [0.05, 0.1) is 16.8 Å². The number of hydrogen-bond donors (Lipinski definition) is 2. The average Bonchev–Trinajstić information content (AvgIpc) is 2.69. The number of rotatable bonds is 4. The summed E-state index contributed by atoms with van der Waals surface area (Å²) in [5.41, 5.74) is 7.81. The third kappa shape index (κ3) is 2.93. The number of amides is 1. The number of para-hydroxylation sites is 2. The first-order chi connectivity index (χ1) is 12.7. The molecule has 4 rings (SSSR count). The lowest BCUT2D eigenvalue weighted by Gasteiger charge is -2.12. The van der Waals surface area contributed by atoms with E-state index in [2.05, 4.69) is 25.3 Å². The summed E-state index contributed by atoms with van der Waals surface area (Å²) in [4.78, 5) is 29.0. The van der Waals surface area contributed by atoms with Crippen molar-refractivity contribution in [1.29, 1.82) is 0 Å². The Kier molecular flexibility index (Phi) is 3.95. The summed E-state index contributed by atoms with van der Waals surface area (Å²) in [6, 6.07) is 16.4. The van der Waals surface area contributed by atoms with E-state index in [0.29, 0.717) is 28.6 Å². The van der Waals surface area contributed by atoms with E-state index >= 15 is 0 Å². The number of carbonyl (C=O) groups is 1. The number of anilines is 2. The second kappa shape index (κ2) is 6.56. The van der Waals surface area contributed by atoms with Crippen LogP contribution < -0.4 is 11.1 Å². The van der Waals surface area contributed by atoms with Gasteiger partial charge in [-0.1, -0.05) is 24.3 Å². The molecule has 0 atom stereocenters. The average molecular weight is 342 g/mol. The van der Waals surface area contributed by atoms with Crippen molar-refractivity contribution in [3.05, 3.63) is 72.7 Å². The van der Waals surface area contributed by atoms with Gasteiger partial charge in [0.1, 0.15) is 17.8 Å². The molecular formula is C19H14N6O. The Labute approximate surface area is 149 Å². The van der Waals surface area contributed by atoms with Gasteiger partial charge < -0.3 is 11.1 Å². The van der Waals surface area contributed by atoms with E-state index in [9.17, 15) is 4.79 Å². The second-order valence-electron chi connectivity index (χ2n) is 5.54. The first-order valence-corrected chi connectivity index (χ1v) is 7.91. The molecule has 0 bridgehead atoms. The Morgan fingerprint density at radius 3 is 2.58 bits per heavy atom. The van der Waals surface area contributed by atoms with E-state index in [-0.39, 0.29) is 0 Å². The maximum atomic E-state index is 11.7. The summed E-state index contributed by atoms with van der Waals surface area (Å²) in [6.45, 7) is 0. The molecule has 0 aliphatic carbocycles. The molecule has 2 aromatic heterocycles. The van der Waals surface area contributed by atoms with Crippen LogP contribution in [0.5, 0.6) is 0 Å². The largest absolute Gasteiger partial charge is 0.366 e. The Morgan fingerprint density at radius 1 is 0.962 bits per heavy atom. The van der Waals surface area contributed by atoms with Gasteiger partial charge in [0.2, 0.25) is 0 Å². The van der Waals surface area contributed by atoms with Crippen LogP contribution in [0.2, 0.25) is 0 Å². The maximum absolute atomic E-state index is 11.7. The Morgan fingerprint density at radius 2 is 1.77 bits per heavy atom. The molecule has 7 nitrogen and oxygen atoms in total. The lowest BCUT2D eigenvalue weighted by atomic mass is 10.1. The first kappa shape index (κ1) is 15.6. The molecule has 3 N–H and O–H groups in total. The van der Waals surface area contributed by atoms with Gasteiger partial charge in [-0.2, -0.15) is 0 Å². The van der Waals surface area contributed by atoms with Gasteiger partial charge in [-0.25, -0.2) is 19.9 Å². The molecular weight excluding hydrogens is 328 g/mol. The zero-order chi connectivity index (χ0) is 17.9. The molecule has 0 spiro atoms. The van der Waals surface area contributed by atoms with E-state index < -0.39 is 5.91 Å². The SMILES string of the molecule is NC(=O)c1ccccc1Nc1nc(-c2ccncn2)nc2ccccc12. The molecule has 126 valence electrons. The monoisotopic (exact) mass is 342 g/mol. The molecule has 7 heteroatoms. The van der Waals surface area contributed by atoms with Crippen molar-refractivity contribution >= 4 is 28.3 Å². The molecule has 1 amide bonds. The van der Waals surface area contributed by atoms with E-state index in [1.807, 2.05) is 30.3 Å². The topological polar surface area (TPSA) is 107 Å². The molecule has 2 heterocycles. The highest BCUT2D eigenvalue weighted by Crippen LogP contribution is 2.27. The number of fused-ring (bicyclic) bond motifs is 1. The predicted molar refractivity (Wildman–Crippen MR) is 98.8 cm³/mol. The number of hydrogen-bond acceptors (Lipinski definition) is 6. The van der Waals surface area contributed by atoms with Gasteiger partial charge in [0.15, 0.2) is 5.82 Å². The van der Waals surface area contributed by atoms with Crippen molar-refractivity contribution in [2.24, 2.45) is 5.73 Å². The van der Waals surface area contributed by atoms with Gasteiger partial charge in [-0.05, 0) is 30.3 Å². The van der Waals surface area contributed by atoms with Gasteiger partial charge in [-0.3, -0.25) is 4.79 Å². The lowest BCUT2D eigenvalue weighted by molar-refractivity contribution is 0.100. The van der Waals surface area contributed by atoms with Gasteiger partial charge in [-0.15, -0.1) is 0 Å². The third-order valence-corrected chi connectivity index (χ3v) is 3.86. The number of aromatic nitrogens is 4. The Bertz CT molecular complexity index is 1100. The minimum absolute atomic E-state index is 0.388. The fourth-order valence-corrected chi connectivity index (χ4v) is 2.64. The summed E-state index contributed by atoms with van der Waals surface area (Å²) in [5, 5.41) is 4.04. The zero-order valence-electron chi connectivity index (χ0n) is 13.6. The number of nitrogens with zero attached hydrogens (tertiary/aromatic N) is 4. The summed E-state index contributed by atoms with van der Waals surface area (Å²) in [7, 11) is 0. The molecule has 0 aliphatic heterocycles. The highest BCUT2D eigenvalue weighted by Gasteiger charge is 2.13. The molecule has 0 radical (unpaired) electrons. The minimum Gasteiger partial charge on any atom is -0.366 e. The molecule has 0 saturated heterocycles. The van der Waals surface area contributed by atoms with E-state index in [1.165, 1.54) is 6.33 Å². The van der Waals surface area contributed by atoms with Crippen molar-refractivity contribution in [2.45, 2.75) is 0 Å². The lowest BCUT2D eigenvalue weighted by Crippen LogP contribution is -2.13. The first-order valence-electron chi connectivity index (χ1n) is 7.91. The number of primary amides is 1. The Hall–Kier alpha value is -3.87. The number of nitrogens with one attached hydrogen (secondary N) is 1. The van der Waals surface area contributed by atoms with Crippen LogP contribution in [-0.4, -0.2) is 25.8 Å². The minimum atomic E-state index is -0.512. The standard InChI is InChI=1S/C19H14N6O/c20-17(26)12-5-1-3-7-14(12)23-18-13-6-2-4-8-15(13)24-19(25-18)16-9-10-21-11-22-16/h1-11H,(H2,20,26)(H,23,24,25). The molecule has 0 unspecified atom stereocenters. The van der Waals surface area contributed by atoms with Crippen LogP contribution in [0.3, 0.4) is 0 Å². The molecule has 2 aromatic carbocycles. The molecule has 4 aromatic rings. The smallest absolute Gasteiger partial charge is 0.250 e. The molecule has 0 aliphatic rings. The quantitative estimate of drug-likeness (QED) is 0.590. The van der Waals surface area contributed by atoms with Crippen LogP contribution in [0.1, 0.15) is 10.4 Å². The molecule has 0 fully saturated rings. The normalized spacial score (nSPS) is 10.6. The van der Waals surface area contributed by atoms with Crippen molar-refractivity contribution in [3.63, 3.8) is 0 Å². The van der Waals surface area contributed by atoms with Crippen LogP contribution in [0.15, 0.2) is 67.1 Å². The number of carbonyl (C=O) groups excluding carboxylic acids is 1. The highest BCUT2D eigenvalue weighted by molar-refractivity contribution is 6.00. The van der Waals surface area contributed by atoms with Crippen LogP contribution in [0, 0.1) is 0 Å². The van der Waals surface area contributed by atoms with Gasteiger partial charge in [0, 0.05) is 11.6 Å². The fraction of sp³-hybridized carbons (Fsp3) is 0. The van der Waals surface area contributed by atoms with Crippen LogP contribution >= 0.6 is 0 Å². The summed E-state index contributed by atoms with van der Waals surface area (Å²) < 4.78 is 0. The van der Waals surface area contributed by atoms with Crippen LogP contribution in [0.25, 0.3) is 22.4 Å². The van der Waals surface area contributed by atoms with Crippen molar-refractivity contribution in [1.82, 2.24) is 19.9 Å². The Balaban J connectivity index is 1.88.